The first-order chi connectivity index (χ1) is 8.90. The minimum absolute atomic E-state index is 0.144. The summed E-state index contributed by atoms with van der Waals surface area (Å²) in [6.07, 6.45) is 0. The van der Waals surface area contributed by atoms with Gasteiger partial charge in [0.2, 0.25) is 0 Å². The quantitative estimate of drug-likeness (QED) is 0.833. The van der Waals surface area contributed by atoms with Gasteiger partial charge in [0, 0.05) is 31.2 Å². The molecule has 5 heteroatoms. The molecule has 19 heavy (non-hydrogen) atoms. The molecule has 1 aromatic rings. The van der Waals surface area contributed by atoms with E-state index in [4.69, 9.17) is 0 Å². The number of piperazine rings is 1. The molecule has 1 aliphatic heterocycles. The van der Waals surface area contributed by atoms with Crippen molar-refractivity contribution in [3.63, 3.8) is 0 Å². The lowest BCUT2D eigenvalue weighted by atomic mass is 9.99. The predicted molar refractivity (Wildman–Crippen MR) is 77.5 cm³/mol. The van der Waals surface area contributed by atoms with Crippen LogP contribution in [0.5, 0.6) is 0 Å². The van der Waals surface area contributed by atoms with Gasteiger partial charge in [0.15, 0.2) is 0 Å². The first-order valence-corrected chi connectivity index (χ1v) is 7.34. The minimum Gasteiger partial charge on any atom is -0.364 e. The summed E-state index contributed by atoms with van der Waals surface area (Å²) in [7, 11) is 0. The van der Waals surface area contributed by atoms with E-state index >= 15 is 0 Å². The van der Waals surface area contributed by atoms with Crippen LogP contribution in [-0.2, 0) is 0 Å². The molecular formula is C14H19BrF2N2. The highest BCUT2D eigenvalue weighted by atomic mass is 79.9. The topological polar surface area (TPSA) is 15.3 Å². The van der Waals surface area contributed by atoms with Crippen LogP contribution in [0.3, 0.4) is 0 Å². The lowest BCUT2D eigenvalue weighted by Crippen LogP contribution is -2.57. The second-order valence-corrected chi connectivity index (χ2v) is 6.33. The van der Waals surface area contributed by atoms with Gasteiger partial charge in [-0.3, -0.25) is 0 Å². The van der Waals surface area contributed by atoms with Crippen molar-refractivity contribution in [3.05, 3.63) is 28.2 Å². The SMILES string of the molecule is CC(C)C1CN(c2cc(F)c(Br)cc2F)C(C)CN1. The van der Waals surface area contributed by atoms with Crippen LogP contribution < -0.4 is 10.2 Å². The fraction of sp³-hybridized carbons (Fsp3) is 0.571. The Labute approximate surface area is 121 Å². The van der Waals surface area contributed by atoms with Crippen LogP contribution in [0.4, 0.5) is 14.5 Å². The van der Waals surface area contributed by atoms with Gasteiger partial charge in [-0.1, -0.05) is 13.8 Å². The normalized spacial score (nSPS) is 24.1. The highest BCUT2D eigenvalue weighted by molar-refractivity contribution is 9.10. The molecule has 1 fully saturated rings. The van der Waals surface area contributed by atoms with Crippen LogP contribution in [0.2, 0.25) is 0 Å². The highest BCUT2D eigenvalue weighted by Crippen LogP contribution is 2.29. The Hall–Kier alpha value is -0.680. The standard InChI is InChI=1S/C14H19BrF2N2/c1-8(2)13-7-19(9(3)6-18-13)14-5-11(16)10(15)4-12(14)17/h4-5,8-9,13,18H,6-7H2,1-3H3. The van der Waals surface area contributed by atoms with Gasteiger partial charge in [-0.05, 0) is 34.8 Å². The van der Waals surface area contributed by atoms with Crippen molar-refractivity contribution in [3.8, 4) is 0 Å². The molecule has 2 atom stereocenters. The predicted octanol–water partition coefficient (Wildman–Crippen LogP) is 3.55. The number of nitrogens with zero attached hydrogens (tertiary/aromatic N) is 1. The third-order valence-corrected chi connectivity index (χ3v) is 4.31. The van der Waals surface area contributed by atoms with Gasteiger partial charge >= 0.3 is 0 Å². The number of benzene rings is 1. The van der Waals surface area contributed by atoms with Crippen LogP contribution >= 0.6 is 15.9 Å². The highest BCUT2D eigenvalue weighted by Gasteiger charge is 2.28. The van der Waals surface area contributed by atoms with Crippen molar-refractivity contribution >= 4 is 21.6 Å². The van der Waals surface area contributed by atoms with Gasteiger partial charge < -0.3 is 10.2 Å². The average molecular weight is 333 g/mol. The lowest BCUT2D eigenvalue weighted by Gasteiger charge is -2.42. The Balaban J connectivity index is 2.31. The van der Waals surface area contributed by atoms with Gasteiger partial charge in [-0.15, -0.1) is 0 Å². The Morgan fingerprint density at radius 1 is 1.32 bits per heavy atom. The number of nitrogens with one attached hydrogen (secondary N) is 1. The largest absolute Gasteiger partial charge is 0.364 e. The molecule has 2 nitrogen and oxygen atoms in total. The summed E-state index contributed by atoms with van der Waals surface area (Å²) in [5.74, 6) is -0.355. The molecule has 0 amide bonds. The van der Waals surface area contributed by atoms with Gasteiger partial charge in [-0.25, -0.2) is 8.78 Å². The summed E-state index contributed by atoms with van der Waals surface area (Å²) in [5, 5.41) is 3.45. The Bertz CT molecular complexity index is 465. The zero-order valence-electron chi connectivity index (χ0n) is 11.4. The summed E-state index contributed by atoms with van der Waals surface area (Å²) in [6.45, 7) is 7.74. The molecule has 0 aliphatic carbocycles. The van der Waals surface area contributed by atoms with E-state index in [1.54, 1.807) is 0 Å². The number of anilines is 1. The smallest absolute Gasteiger partial charge is 0.147 e. The maximum atomic E-state index is 14.1. The third-order valence-electron chi connectivity index (χ3n) is 3.70. The average Bonchev–Trinajstić information content (AvgIpc) is 2.34. The first-order valence-electron chi connectivity index (χ1n) is 6.54. The van der Waals surface area contributed by atoms with E-state index in [1.807, 2.05) is 11.8 Å². The number of halogens is 3. The number of rotatable bonds is 2. The maximum absolute atomic E-state index is 14.1. The van der Waals surface area contributed by atoms with E-state index in [9.17, 15) is 8.78 Å². The van der Waals surface area contributed by atoms with Crippen molar-refractivity contribution in [1.82, 2.24) is 5.32 Å². The van der Waals surface area contributed by atoms with E-state index in [2.05, 4.69) is 35.1 Å². The fourth-order valence-electron chi connectivity index (χ4n) is 2.40. The second-order valence-electron chi connectivity index (χ2n) is 5.48. The molecule has 0 spiro atoms. The molecular weight excluding hydrogens is 314 g/mol. The van der Waals surface area contributed by atoms with E-state index in [-0.39, 0.29) is 16.3 Å². The molecule has 1 saturated heterocycles. The van der Waals surface area contributed by atoms with Gasteiger partial charge in [0.1, 0.15) is 11.6 Å². The van der Waals surface area contributed by atoms with Crippen molar-refractivity contribution in [2.24, 2.45) is 5.92 Å². The molecule has 0 bridgehead atoms. The first kappa shape index (κ1) is 14.7. The summed E-state index contributed by atoms with van der Waals surface area (Å²) in [6, 6.07) is 2.91. The molecule has 2 unspecified atom stereocenters. The summed E-state index contributed by atoms with van der Waals surface area (Å²) in [5.41, 5.74) is 0.348. The molecule has 0 saturated carbocycles. The molecule has 0 radical (unpaired) electrons. The Kier molecular flexibility index (Phi) is 4.46. The zero-order chi connectivity index (χ0) is 14.2. The molecule has 0 aromatic heterocycles. The maximum Gasteiger partial charge on any atom is 0.147 e. The summed E-state index contributed by atoms with van der Waals surface area (Å²) < 4.78 is 27.9. The van der Waals surface area contributed by atoms with Crippen LogP contribution in [-0.4, -0.2) is 25.2 Å². The van der Waals surface area contributed by atoms with Gasteiger partial charge in [0.05, 0.1) is 10.2 Å². The van der Waals surface area contributed by atoms with Crippen molar-refractivity contribution in [1.29, 1.82) is 0 Å². The van der Waals surface area contributed by atoms with Crippen molar-refractivity contribution in [2.75, 3.05) is 18.0 Å². The Morgan fingerprint density at radius 3 is 2.63 bits per heavy atom. The fourth-order valence-corrected chi connectivity index (χ4v) is 2.72. The van der Waals surface area contributed by atoms with Gasteiger partial charge in [-0.2, -0.15) is 0 Å². The van der Waals surface area contributed by atoms with Crippen LogP contribution in [0.15, 0.2) is 16.6 Å². The number of hydrogen-bond donors (Lipinski definition) is 1. The summed E-state index contributed by atoms with van der Waals surface area (Å²) >= 11 is 3.01. The van der Waals surface area contributed by atoms with Gasteiger partial charge in [0.25, 0.3) is 0 Å². The van der Waals surface area contributed by atoms with E-state index in [0.29, 0.717) is 24.2 Å². The van der Waals surface area contributed by atoms with E-state index < -0.39 is 5.82 Å². The van der Waals surface area contributed by atoms with Crippen molar-refractivity contribution in [2.45, 2.75) is 32.9 Å². The molecule has 2 rings (SSSR count). The minimum atomic E-state index is -0.428. The third kappa shape index (κ3) is 3.08. The lowest BCUT2D eigenvalue weighted by molar-refractivity contribution is 0.334. The second kappa shape index (κ2) is 5.75. The molecule has 1 aliphatic rings. The monoisotopic (exact) mass is 332 g/mol. The number of hydrogen-bond acceptors (Lipinski definition) is 2. The molecule has 1 N–H and O–H groups in total. The van der Waals surface area contributed by atoms with Crippen LogP contribution in [0.1, 0.15) is 20.8 Å². The molecule has 1 heterocycles. The van der Waals surface area contributed by atoms with Crippen molar-refractivity contribution < 1.29 is 8.78 Å². The van der Waals surface area contributed by atoms with Crippen LogP contribution in [0.25, 0.3) is 0 Å². The van der Waals surface area contributed by atoms with Crippen LogP contribution in [0, 0.1) is 17.6 Å². The zero-order valence-corrected chi connectivity index (χ0v) is 13.0. The molecule has 1 aromatic carbocycles. The van der Waals surface area contributed by atoms with E-state index in [1.165, 1.54) is 12.1 Å². The Morgan fingerprint density at radius 2 is 2.00 bits per heavy atom. The van der Waals surface area contributed by atoms with E-state index in [0.717, 1.165) is 6.54 Å². The summed E-state index contributed by atoms with van der Waals surface area (Å²) in [4.78, 5) is 1.95. The molecule has 106 valence electrons.